The van der Waals surface area contributed by atoms with Crippen LogP contribution in [0.3, 0.4) is 0 Å². The van der Waals surface area contributed by atoms with E-state index in [4.69, 9.17) is 23.7 Å². The first-order valence-electron chi connectivity index (χ1n) is 11.2. The zero-order valence-corrected chi connectivity index (χ0v) is 19.0. The van der Waals surface area contributed by atoms with Gasteiger partial charge < -0.3 is 29.0 Å². The number of unbranched alkanes of at least 4 members (excludes halogenated alkanes) is 1. The molecule has 0 aromatic heterocycles. The van der Waals surface area contributed by atoms with Crippen molar-refractivity contribution < 1.29 is 28.5 Å². The van der Waals surface area contributed by atoms with Gasteiger partial charge in [0.15, 0.2) is 11.5 Å². The van der Waals surface area contributed by atoms with E-state index < -0.39 is 0 Å². The third-order valence-corrected chi connectivity index (χ3v) is 6.15. The molecule has 0 unspecified atom stereocenters. The highest BCUT2D eigenvalue weighted by molar-refractivity contribution is 5.95. The van der Waals surface area contributed by atoms with Crippen LogP contribution >= 0.6 is 0 Å². The monoisotopic (exact) mass is 436 g/mol. The van der Waals surface area contributed by atoms with E-state index in [-0.39, 0.29) is 11.4 Å². The summed E-state index contributed by atoms with van der Waals surface area (Å²) in [6.45, 7) is 7.86. The van der Waals surface area contributed by atoms with E-state index in [1.165, 1.54) is 0 Å². The lowest BCUT2D eigenvalue weighted by Gasteiger charge is -2.47. The number of rotatable bonds is 10. The highest BCUT2D eigenvalue weighted by Crippen LogP contribution is 2.39. The summed E-state index contributed by atoms with van der Waals surface area (Å²) in [5.74, 6) is 1.36. The van der Waals surface area contributed by atoms with E-state index in [0.29, 0.717) is 49.2 Å². The van der Waals surface area contributed by atoms with Crippen LogP contribution in [0.25, 0.3) is 0 Å². The Labute approximate surface area is 185 Å². The normalized spacial score (nSPS) is 18.9. The van der Waals surface area contributed by atoms with Crippen molar-refractivity contribution in [2.75, 3.05) is 66.9 Å². The smallest absolute Gasteiger partial charge is 0.251 e. The zero-order valence-electron chi connectivity index (χ0n) is 19.0. The summed E-state index contributed by atoms with van der Waals surface area (Å²) < 4.78 is 28.0. The van der Waals surface area contributed by atoms with E-state index in [1.54, 1.807) is 26.4 Å². The molecule has 2 aliphatic heterocycles. The Kier molecular flexibility index (Phi) is 8.80. The van der Waals surface area contributed by atoms with Crippen LogP contribution in [-0.2, 0) is 9.47 Å². The minimum absolute atomic E-state index is 0.102. The van der Waals surface area contributed by atoms with Crippen LogP contribution in [0.4, 0.5) is 0 Å². The van der Waals surface area contributed by atoms with Gasteiger partial charge in [-0.3, -0.25) is 9.69 Å². The van der Waals surface area contributed by atoms with Gasteiger partial charge >= 0.3 is 0 Å². The van der Waals surface area contributed by atoms with Crippen molar-refractivity contribution in [3.8, 4) is 17.2 Å². The second kappa shape index (κ2) is 11.5. The number of carbonyl (C=O) groups is 1. The molecule has 1 N–H and O–H groups in total. The SMILES string of the molecule is CCCCOc1c(OC)cc(C(=O)NCC2(N3CCOCC3)CCOCC2)cc1OC. The van der Waals surface area contributed by atoms with Crippen LogP contribution < -0.4 is 19.5 Å². The minimum Gasteiger partial charge on any atom is -0.493 e. The molecule has 2 heterocycles. The van der Waals surface area contributed by atoms with Gasteiger partial charge in [-0.15, -0.1) is 0 Å². The molecule has 0 atom stereocenters. The number of ether oxygens (including phenoxy) is 5. The number of nitrogens with one attached hydrogen (secondary N) is 1. The lowest BCUT2D eigenvalue weighted by molar-refractivity contribution is -0.0693. The fraction of sp³-hybridized carbons (Fsp3) is 0.696. The summed E-state index contributed by atoms with van der Waals surface area (Å²) in [7, 11) is 3.14. The van der Waals surface area contributed by atoms with Crippen LogP contribution in [-0.4, -0.2) is 83.2 Å². The van der Waals surface area contributed by atoms with Crippen LogP contribution in [0.1, 0.15) is 43.0 Å². The minimum atomic E-state index is -0.157. The average Bonchev–Trinajstić information content (AvgIpc) is 2.83. The molecule has 0 radical (unpaired) electrons. The van der Waals surface area contributed by atoms with Crippen molar-refractivity contribution in [2.24, 2.45) is 0 Å². The number of hydrogen-bond acceptors (Lipinski definition) is 7. The molecule has 2 aliphatic rings. The third kappa shape index (κ3) is 5.81. The first-order valence-corrected chi connectivity index (χ1v) is 11.2. The molecule has 8 heteroatoms. The predicted octanol–water partition coefficient (Wildman–Crippen LogP) is 2.49. The largest absolute Gasteiger partial charge is 0.493 e. The number of amides is 1. The zero-order chi connectivity index (χ0) is 22.1. The fourth-order valence-electron chi connectivity index (χ4n) is 4.21. The van der Waals surface area contributed by atoms with Crippen molar-refractivity contribution in [3.05, 3.63) is 17.7 Å². The van der Waals surface area contributed by atoms with Gasteiger partial charge in [0.05, 0.1) is 34.0 Å². The molecule has 0 aliphatic carbocycles. The molecule has 3 rings (SSSR count). The van der Waals surface area contributed by atoms with Gasteiger partial charge in [-0.25, -0.2) is 0 Å². The summed E-state index contributed by atoms with van der Waals surface area (Å²) in [4.78, 5) is 15.5. The fourth-order valence-corrected chi connectivity index (χ4v) is 4.21. The van der Waals surface area contributed by atoms with Gasteiger partial charge in [0, 0.05) is 44.0 Å². The Bertz CT molecular complexity index is 689. The maximum atomic E-state index is 13.1. The standard InChI is InChI=1S/C23H36N2O6/c1-4-5-10-31-21-19(27-2)15-18(16-20(21)28-3)22(26)24-17-23(6-11-29-12-7-23)25-8-13-30-14-9-25/h15-16H,4-14,17H2,1-3H3,(H,24,26). The number of benzene rings is 1. The summed E-state index contributed by atoms with van der Waals surface area (Å²) >= 11 is 0. The molecule has 31 heavy (non-hydrogen) atoms. The van der Waals surface area contributed by atoms with Crippen molar-refractivity contribution in [1.29, 1.82) is 0 Å². The molecule has 1 amide bonds. The van der Waals surface area contributed by atoms with Crippen LogP contribution in [0.5, 0.6) is 17.2 Å². The number of methoxy groups -OCH3 is 2. The molecule has 1 aromatic rings. The molecule has 174 valence electrons. The van der Waals surface area contributed by atoms with Gasteiger partial charge in [-0.1, -0.05) is 13.3 Å². The predicted molar refractivity (Wildman–Crippen MR) is 117 cm³/mol. The van der Waals surface area contributed by atoms with E-state index >= 15 is 0 Å². The lowest BCUT2D eigenvalue weighted by Crippen LogP contribution is -2.61. The number of morpholine rings is 1. The summed E-state index contributed by atoms with van der Waals surface area (Å²) in [5.41, 5.74) is 0.385. The maximum Gasteiger partial charge on any atom is 0.251 e. The van der Waals surface area contributed by atoms with E-state index in [1.807, 2.05) is 0 Å². The van der Waals surface area contributed by atoms with Gasteiger partial charge in [0.2, 0.25) is 5.75 Å². The number of carbonyl (C=O) groups excluding carboxylic acids is 1. The molecular formula is C23H36N2O6. The van der Waals surface area contributed by atoms with E-state index in [0.717, 1.165) is 52.0 Å². The average molecular weight is 437 g/mol. The third-order valence-electron chi connectivity index (χ3n) is 6.15. The molecule has 0 saturated carbocycles. The Morgan fingerprint density at radius 3 is 2.26 bits per heavy atom. The van der Waals surface area contributed by atoms with Gasteiger partial charge in [-0.05, 0) is 31.4 Å². The molecule has 0 spiro atoms. The molecular weight excluding hydrogens is 400 g/mol. The summed E-state index contributed by atoms with van der Waals surface area (Å²) in [5, 5.41) is 3.15. The quantitative estimate of drug-likeness (QED) is 0.565. The van der Waals surface area contributed by atoms with Crippen molar-refractivity contribution in [2.45, 2.75) is 38.1 Å². The number of nitrogens with zero attached hydrogens (tertiary/aromatic N) is 1. The molecule has 1 aromatic carbocycles. The van der Waals surface area contributed by atoms with Crippen LogP contribution in [0.15, 0.2) is 12.1 Å². The molecule has 2 saturated heterocycles. The van der Waals surface area contributed by atoms with Crippen molar-refractivity contribution in [1.82, 2.24) is 10.2 Å². The summed E-state index contributed by atoms with van der Waals surface area (Å²) in [6.07, 6.45) is 3.75. The molecule has 2 fully saturated rings. The van der Waals surface area contributed by atoms with Gasteiger partial charge in [0.25, 0.3) is 5.91 Å². The Balaban J connectivity index is 1.73. The Morgan fingerprint density at radius 2 is 1.68 bits per heavy atom. The highest BCUT2D eigenvalue weighted by atomic mass is 16.5. The van der Waals surface area contributed by atoms with E-state index in [2.05, 4.69) is 17.1 Å². The highest BCUT2D eigenvalue weighted by Gasteiger charge is 2.39. The maximum absolute atomic E-state index is 13.1. The van der Waals surface area contributed by atoms with Crippen LogP contribution in [0.2, 0.25) is 0 Å². The molecule has 0 bridgehead atoms. The topological polar surface area (TPSA) is 78.5 Å². The number of hydrogen-bond donors (Lipinski definition) is 1. The van der Waals surface area contributed by atoms with Crippen molar-refractivity contribution in [3.63, 3.8) is 0 Å². The van der Waals surface area contributed by atoms with Crippen LogP contribution in [0, 0.1) is 0 Å². The lowest BCUT2D eigenvalue weighted by atomic mass is 9.87. The Hall–Kier alpha value is -2.03. The second-order valence-electron chi connectivity index (χ2n) is 8.03. The Morgan fingerprint density at radius 1 is 1.06 bits per heavy atom. The second-order valence-corrected chi connectivity index (χ2v) is 8.03. The molecule has 8 nitrogen and oxygen atoms in total. The van der Waals surface area contributed by atoms with Gasteiger partial charge in [0.1, 0.15) is 0 Å². The first-order chi connectivity index (χ1) is 15.1. The van der Waals surface area contributed by atoms with Gasteiger partial charge in [-0.2, -0.15) is 0 Å². The van der Waals surface area contributed by atoms with E-state index in [9.17, 15) is 4.79 Å². The summed E-state index contributed by atoms with van der Waals surface area (Å²) in [6, 6.07) is 3.43. The van der Waals surface area contributed by atoms with Crippen molar-refractivity contribution >= 4 is 5.91 Å². The first kappa shape index (κ1) is 23.6.